The molecule has 0 radical (unpaired) electrons. The van der Waals surface area contributed by atoms with Crippen LogP contribution in [0, 0.1) is 12.8 Å². The number of nitrogens with one attached hydrogen (secondary N) is 1. The number of hydrogen-bond donors (Lipinski definition) is 1. The number of carbonyl (C=O) groups is 2. The van der Waals surface area contributed by atoms with Crippen LogP contribution in [-0.2, 0) is 9.59 Å². The summed E-state index contributed by atoms with van der Waals surface area (Å²) in [6.45, 7) is 4.55. The molecule has 0 aromatic carbocycles. The predicted molar refractivity (Wildman–Crippen MR) is 71.4 cm³/mol. The first-order valence-corrected chi connectivity index (χ1v) is 6.90. The van der Waals surface area contributed by atoms with Crippen LogP contribution in [0.5, 0.6) is 0 Å². The summed E-state index contributed by atoms with van der Waals surface area (Å²) < 4.78 is 0. The van der Waals surface area contributed by atoms with Gasteiger partial charge in [0.15, 0.2) is 0 Å². The molecule has 2 amide bonds. The summed E-state index contributed by atoms with van der Waals surface area (Å²) >= 11 is 1.71. The first-order valence-electron chi connectivity index (χ1n) is 6.08. The first-order chi connectivity index (χ1) is 8.49. The van der Waals surface area contributed by atoms with Crippen LogP contribution in [-0.4, -0.2) is 30.3 Å². The Labute approximate surface area is 111 Å². The van der Waals surface area contributed by atoms with Crippen molar-refractivity contribution in [3.63, 3.8) is 0 Å². The molecule has 1 aromatic heterocycles. The smallest absolute Gasteiger partial charge is 0.228 e. The molecule has 1 saturated heterocycles. The Kier molecular flexibility index (Phi) is 3.71. The summed E-state index contributed by atoms with van der Waals surface area (Å²) in [5, 5.41) is 2.70. The van der Waals surface area contributed by atoms with E-state index >= 15 is 0 Å². The zero-order chi connectivity index (χ0) is 13.3. The summed E-state index contributed by atoms with van der Waals surface area (Å²) in [4.78, 5) is 27.6. The lowest BCUT2D eigenvalue weighted by molar-refractivity contribution is -0.136. The van der Waals surface area contributed by atoms with Gasteiger partial charge in [0, 0.05) is 29.8 Å². The lowest BCUT2D eigenvalue weighted by Crippen LogP contribution is -2.35. The highest BCUT2D eigenvalue weighted by Crippen LogP contribution is 2.28. The Balaban J connectivity index is 2.04. The van der Waals surface area contributed by atoms with Crippen LogP contribution < -0.4 is 5.32 Å². The Hall–Kier alpha value is -1.36. The van der Waals surface area contributed by atoms with Gasteiger partial charge in [-0.2, -0.15) is 0 Å². The monoisotopic (exact) mass is 266 g/mol. The minimum absolute atomic E-state index is 0.0265. The Morgan fingerprint density at radius 3 is 2.78 bits per heavy atom. The molecule has 1 aliphatic heterocycles. The van der Waals surface area contributed by atoms with Crippen molar-refractivity contribution in [2.24, 2.45) is 5.92 Å². The molecular formula is C13H18N2O2S. The van der Waals surface area contributed by atoms with Gasteiger partial charge in [-0.15, -0.1) is 11.3 Å². The van der Waals surface area contributed by atoms with Gasteiger partial charge in [-0.1, -0.05) is 0 Å². The highest BCUT2D eigenvalue weighted by atomic mass is 32.1. The van der Waals surface area contributed by atoms with E-state index in [1.165, 1.54) is 9.75 Å². The zero-order valence-corrected chi connectivity index (χ0v) is 11.7. The summed E-state index contributed by atoms with van der Waals surface area (Å²) in [5.74, 6) is -0.181. The molecule has 1 fully saturated rings. The summed E-state index contributed by atoms with van der Waals surface area (Å²) in [5.41, 5.74) is 0. The van der Waals surface area contributed by atoms with Crippen molar-refractivity contribution >= 4 is 23.2 Å². The molecule has 2 heterocycles. The number of carbonyl (C=O) groups excluding carboxylic acids is 2. The molecule has 18 heavy (non-hydrogen) atoms. The molecule has 98 valence electrons. The highest BCUT2D eigenvalue weighted by molar-refractivity contribution is 7.12. The van der Waals surface area contributed by atoms with E-state index < -0.39 is 0 Å². The van der Waals surface area contributed by atoms with Crippen molar-refractivity contribution in [3.05, 3.63) is 21.9 Å². The largest absolute Gasteiger partial charge is 0.355 e. The minimum Gasteiger partial charge on any atom is -0.355 e. The van der Waals surface area contributed by atoms with Crippen LogP contribution in [0.15, 0.2) is 12.1 Å². The maximum atomic E-state index is 12.3. The third-order valence-corrected chi connectivity index (χ3v) is 4.60. The van der Waals surface area contributed by atoms with Gasteiger partial charge in [-0.3, -0.25) is 9.59 Å². The Morgan fingerprint density at radius 2 is 2.28 bits per heavy atom. The van der Waals surface area contributed by atoms with E-state index in [1.807, 2.05) is 14.0 Å². The van der Waals surface area contributed by atoms with E-state index in [2.05, 4.69) is 24.4 Å². The van der Waals surface area contributed by atoms with Crippen LogP contribution >= 0.6 is 11.3 Å². The van der Waals surface area contributed by atoms with Gasteiger partial charge in [0.2, 0.25) is 11.8 Å². The van der Waals surface area contributed by atoms with E-state index in [1.54, 1.807) is 16.2 Å². The fraction of sp³-hybridized carbons (Fsp3) is 0.538. The molecule has 4 nitrogen and oxygen atoms in total. The van der Waals surface area contributed by atoms with Crippen LogP contribution in [0.2, 0.25) is 0 Å². The van der Waals surface area contributed by atoms with Gasteiger partial charge in [-0.25, -0.2) is 0 Å². The first kappa shape index (κ1) is 13.1. The van der Waals surface area contributed by atoms with Crippen LogP contribution in [0.3, 0.4) is 0 Å². The van der Waals surface area contributed by atoms with E-state index in [-0.39, 0.29) is 23.8 Å². The zero-order valence-electron chi connectivity index (χ0n) is 10.9. The maximum Gasteiger partial charge on any atom is 0.228 e. The van der Waals surface area contributed by atoms with Crippen molar-refractivity contribution in [2.75, 3.05) is 13.6 Å². The number of amides is 2. The summed E-state index contributed by atoms with van der Waals surface area (Å²) in [7, 11) is 1.81. The molecule has 1 aromatic rings. The molecule has 0 aliphatic carbocycles. The van der Waals surface area contributed by atoms with E-state index in [4.69, 9.17) is 0 Å². The number of thiophene rings is 1. The van der Waals surface area contributed by atoms with Crippen molar-refractivity contribution in [3.8, 4) is 0 Å². The quantitative estimate of drug-likeness (QED) is 0.905. The topological polar surface area (TPSA) is 49.4 Å². The second-order valence-corrected chi connectivity index (χ2v) is 6.10. The molecule has 5 heteroatoms. The van der Waals surface area contributed by atoms with Gasteiger partial charge in [0.1, 0.15) is 0 Å². The molecule has 2 unspecified atom stereocenters. The van der Waals surface area contributed by atoms with E-state index in [0.29, 0.717) is 13.0 Å². The fourth-order valence-corrected chi connectivity index (χ4v) is 3.10. The van der Waals surface area contributed by atoms with Gasteiger partial charge < -0.3 is 10.2 Å². The molecular weight excluding hydrogens is 248 g/mol. The van der Waals surface area contributed by atoms with Gasteiger partial charge in [0.05, 0.1) is 12.0 Å². The Bertz CT molecular complexity index is 469. The number of hydrogen-bond acceptors (Lipinski definition) is 3. The maximum absolute atomic E-state index is 12.3. The second kappa shape index (κ2) is 5.10. The van der Waals surface area contributed by atoms with E-state index in [9.17, 15) is 9.59 Å². The number of aryl methyl sites for hydroxylation is 1. The minimum atomic E-state index is -0.203. The number of nitrogens with zero attached hydrogens (tertiary/aromatic N) is 1. The van der Waals surface area contributed by atoms with Crippen LogP contribution in [0.25, 0.3) is 0 Å². The summed E-state index contributed by atoms with van der Waals surface area (Å²) in [6, 6.07) is 4.19. The fourth-order valence-electron chi connectivity index (χ4n) is 2.13. The Morgan fingerprint density at radius 1 is 1.56 bits per heavy atom. The second-order valence-electron chi connectivity index (χ2n) is 4.78. The standard InChI is InChI=1S/C13H18N2O2S/c1-8-4-5-11(18-8)9(2)15(3)13(17)10-6-12(16)14-7-10/h4-5,9-10H,6-7H2,1-3H3,(H,14,16). The normalized spacial score (nSPS) is 20.6. The van der Waals surface area contributed by atoms with Crippen molar-refractivity contribution in [1.29, 1.82) is 0 Å². The summed E-state index contributed by atoms with van der Waals surface area (Å²) in [6.07, 6.45) is 0.319. The van der Waals surface area contributed by atoms with Gasteiger partial charge in [-0.05, 0) is 26.0 Å². The number of rotatable bonds is 3. The van der Waals surface area contributed by atoms with Crippen LogP contribution in [0.1, 0.15) is 29.1 Å². The average Bonchev–Trinajstić information content (AvgIpc) is 2.95. The predicted octanol–water partition coefficient (Wildman–Crippen LogP) is 1.71. The third-order valence-electron chi connectivity index (χ3n) is 3.43. The van der Waals surface area contributed by atoms with Crippen molar-refractivity contribution in [2.45, 2.75) is 26.3 Å². The molecule has 0 saturated carbocycles. The highest BCUT2D eigenvalue weighted by Gasteiger charge is 2.32. The molecule has 0 bridgehead atoms. The SMILES string of the molecule is Cc1ccc(C(C)N(C)C(=O)C2CNC(=O)C2)s1. The molecule has 1 aliphatic rings. The molecule has 2 rings (SSSR count). The third kappa shape index (κ3) is 2.56. The van der Waals surface area contributed by atoms with Gasteiger partial charge in [0.25, 0.3) is 0 Å². The lowest BCUT2D eigenvalue weighted by Gasteiger charge is -2.26. The van der Waals surface area contributed by atoms with Gasteiger partial charge >= 0.3 is 0 Å². The average molecular weight is 266 g/mol. The lowest BCUT2D eigenvalue weighted by atomic mass is 10.1. The molecule has 1 N–H and O–H groups in total. The van der Waals surface area contributed by atoms with E-state index in [0.717, 1.165) is 0 Å². The van der Waals surface area contributed by atoms with Crippen LogP contribution in [0.4, 0.5) is 0 Å². The molecule has 2 atom stereocenters. The van der Waals surface area contributed by atoms with Crippen molar-refractivity contribution in [1.82, 2.24) is 10.2 Å². The van der Waals surface area contributed by atoms with Crippen molar-refractivity contribution < 1.29 is 9.59 Å². The molecule has 0 spiro atoms.